The van der Waals surface area contributed by atoms with Crippen molar-refractivity contribution in [2.24, 2.45) is 17.5 Å². The Labute approximate surface area is 281 Å². The summed E-state index contributed by atoms with van der Waals surface area (Å²) < 4.78 is 269. The van der Waals surface area contributed by atoms with Crippen molar-refractivity contribution in [1.29, 1.82) is 0 Å². The second-order valence-corrected chi connectivity index (χ2v) is 11.2. The van der Waals surface area contributed by atoms with Gasteiger partial charge in [0.2, 0.25) is 0 Å². The Hall–Kier alpha value is -4.21. The highest BCUT2D eigenvalue weighted by Crippen LogP contribution is 2.55. The van der Waals surface area contributed by atoms with Gasteiger partial charge < -0.3 is 0 Å². The van der Waals surface area contributed by atoms with Crippen LogP contribution in [0.2, 0.25) is 0 Å². The highest BCUT2D eigenvalue weighted by Gasteiger charge is 2.46. The van der Waals surface area contributed by atoms with Crippen molar-refractivity contribution in [2.45, 2.75) is 37.1 Å². The molecule has 29 heteroatoms. The molecule has 0 spiro atoms. The van der Waals surface area contributed by atoms with Crippen LogP contribution in [0, 0.1) is 0 Å². The van der Waals surface area contributed by atoms with Crippen LogP contribution in [0.5, 0.6) is 0 Å². The summed E-state index contributed by atoms with van der Waals surface area (Å²) in [4.78, 5) is 0. The van der Waals surface area contributed by atoms with Crippen molar-refractivity contribution >= 4 is 24.9 Å². The van der Waals surface area contributed by atoms with Crippen molar-refractivity contribution in [3.05, 3.63) is 88.0 Å². The second kappa shape index (κ2) is 14.2. The number of nitrogens with zero attached hydrogens (tertiary/aromatic N) is 3. The molecule has 53 heavy (non-hydrogen) atoms. The molecule has 296 valence electrons. The van der Waals surface area contributed by atoms with Crippen LogP contribution < -0.4 is 33.0 Å². The number of hydrazine groups is 3. The minimum Gasteiger partial charge on any atom is -0.222 e. The standard InChI is InChI=1S/C24H15F18N6O4P/c25-19(26,27)10-1-4-16(13(7-10)22(34,35)36)46(43)50-53(49,51-47(44)17-5-2-11(20(28,29)30)8-14(17)23(37,38)39)52-48(45)18-6-3-12(21(31,32)33)9-15(18)24(40,41)42/h1-9H,43-45H2. The minimum absolute atomic E-state index is 0.0828. The van der Waals surface area contributed by atoms with E-state index in [0.29, 0.717) is 0 Å². The van der Waals surface area contributed by atoms with E-state index in [1.54, 1.807) is 0 Å². The topological polar surface area (TPSA) is 133 Å². The largest absolute Gasteiger partial charge is 0.543 e. The van der Waals surface area contributed by atoms with Gasteiger partial charge >= 0.3 is 44.9 Å². The molecule has 0 fully saturated rings. The van der Waals surface area contributed by atoms with Crippen LogP contribution in [0.1, 0.15) is 33.4 Å². The van der Waals surface area contributed by atoms with Gasteiger partial charge in [-0.2, -0.15) is 94.5 Å². The Balaban J connectivity index is 2.21. The SMILES string of the molecule is NN(OP(=O)(ON(N)c1ccc(C(F)(F)F)cc1C(F)(F)F)ON(N)c1ccc(C(F)(F)F)cc1C(F)(F)F)c1ccc(C(F)(F)F)cc1C(F)(F)F. The molecule has 0 radical (unpaired) electrons. The fourth-order valence-electron chi connectivity index (χ4n) is 3.89. The number of hydrogen-bond donors (Lipinski definition) is 3. The molecular weight excluding hydrogens is 809 g/mol. The average molecular weight is 824 g/mol. The summed E-state index contributed by atoms with van der Waals surface area (Å²) in [5, 5.41) is -2.71. The number of nitrogens with two attached hydrogens (primary N) is 3. The highest BCUT2D eigenvalue weighted by atomic mass is 31.2. The van der Waals surface area contributed by atoms with Gasteiger partial charge in [0, 0.05) is 0 Å². The summed E-state index contributed by atoms with van der Waals surface area (Å²) in [5.41, 5.74) is -18.3. The summed E-state index contributed by atoms with van der Waals surface area (Å²) in [6.07, 6.45) is -33.7. The molecule has 0 saturated heterocycles. The van der Waals surface area contributed by atoms with Gasteiger partial charge in [0.05, 0.1) is 50.4 Å². The van der Waals surface area contributed by atoms with Crippen LogP contribution in [0.25, 0.3) is 0 Å². The van der Waals surface area contributed by atoms with E-state index in [2.05, 4.69) is 13.9 Å². The number of rotatable bonds is 9. The Kier molecular flexibility index (Phi) is 11.6. The fraction of sp³-hybridized carbons (Fsp3) is 0.250. The lowest BCUT2D eigenvalue weighted by Gasteiger charge is -2.31. The predicted octanol–water partition coefficient (Wildman–Crippen LogP) is 9.14. The summed E-state index contributed by atoms with van der Waals surface area (Å²) in [6, 6.07) is -2.34. The first-order valence-corrected chi connectivity index (χ1v) is 14.3. The molecule has 3 aromatic carbocycles. The minimum atomic E-state index is -6.60. The summed E-state index contributed by atoms with van der Waals surface area (Å²) in [7, 11) is -6.60. The van der Waals surface area contributed by atoms with E-state index in [-0.39, 0.29) is 36.4 Å². The van der Waals surface area contributed by atoms with Crippen molar-refractivity contribution in [2.75, 3.05) is 15.5 Å². The Morgan fingerprint density at radius 3 is 0.774 bits per heavy atom. The third kappa shape index (κ3) is 10.5. The maximum Gasteiger partial charge on any atom is 0.543 e. The molecule has 0 amide bonds. The Bertz CT molecular complexity index is 1630. The molecule has 0 aliphatic rings. The molecule has 3 aromatic rings. The van der Waals surface area contributed by atoms with Crippen LogP contribution >= 0.6 is 7.82 Å². The lowest BCUT2D eigenvalue weighted by molar-refractivity contribution is -0.144. The smallest absolute Gasteiger partial charge is 0.222 e. The molecule has 0 aliphatic carbocycles. The summed E-state index contributed by atoms with van der Waals surface area (Å²) in [6.45, 7) is 0. The van der Waals surface area contributed by atoms with E-state index in [0.717, 1.165) is 0 Å². The Morgan fingerprint density at radius 2 is 0.604 bits per heavy atom. The fourth-order valence-corrected chi connectivity index (χ4v) is 4.89. The number of benzene rings is 3. The van der Waals surface area contributed by atoms with E-state index in [4.69, 9.17) is 17.5 Å². The first kappa shape index (κ1) is 43.2. The quantitative estimate of drug-likeness (QED) is 0.0831. The van der Waals surface area contributed by atoms with E-state index >= 15 is 0 Å². The van der Waals surface area contributed by atoms with Gasteiger partial charge in [-0.25, -0.2) is 22.1 Å². The molecule has 10 nitrogen and oxygen atoms in total. The molecule has 0 aliphatic heterocycles. The molecule has 0 unspecified atom stereocenters. The molecule has 0 heterocycles. The van der Waals surface area contributed by atoms with Gasteiger partial charge in [-0.1, -0.05) is 0 Å². The summed E-state index contributed by atoms with van der Waals surface area (Å²) in [5.74, 6) is 15.8. The maximum absolute atomic E-state index is 13.8. The van der Waals surface area contributed by atoms with Gasteiger partial charge in [0.25, 0.3) is 0 Å². The van der Waals surface area contributed by atoms with E-state index in [1.165, 1.54) is 0 Å². The van der Waals surface area contributed by atoms with E-state index in [9.17, 15) is 83.6 Å². The Morgan fingerprint density at radius 1 is 0.396 bits per heavy atom. The number of hydrogen-bond acceptors (Lipinski definition) is 10. The zero-order valence-corrected chi connectivity index (χ0v) is 25.5. The second-order valence-electron chi connectivity index (χ2n) is 9.85. The summed E-state index contributed by atoms with van der Waals surface area (Å²) >= 11 is 0. The maximum atomic E-state index is 13.8. The van der Waals surface area contributed by atoms with Crippen molar-refractivity contribution < 1.29 is 97.5 Å². The lowest BCUT2D eigenvalue weighted by Crippen LogP contribution is -2.40. The van der Waals surface area contributed by atoms with Gasteiger partial charge in [-0.3, -0.25) is 0 Å². The van der Waals surface area contributed by atoms with Crippen LogP contribution in [0.3, 0.4) is 0 Å². The van der Waals surface area contributed by atoms with Gasteiger partial charge in [0.1, 0.15) is 0 Å². The van der Waals surface area contributed by atoms with Crippen molar-refractivity contribution in [3.63, 3.8) is 0 Å². The third-order valence-corrected chi connectivity index (χ3v) is 7.29. The number of phosphoric acid groups is 1. The normalized spacial score (nSPS) is 13.7. The third-order valence-electron chi connectivity index (χ3n) is 6.16. The molecule has 3 rings (SSSR count). The predicted molar refractivity (Wildman–Crippen MR) is 140 cm³/mol. The number of anilines is 3. The first-order chi connectivity index (χ1) is 23.6. The van der Waals surface area contributed by atoms with Gasteiger partial charge in [0.15, 0.2) is 0 Å². The number of halogens is 18. The molecule has 0 atom stereocenters. The van der Waals surface area contributed by atoms with Crippen molar-refractivity contribution in [3.8, 4) is 0 Å². The monoisotopic (exact) mass is 824 g/mol. The molecular formula is C24H15F18N6O4P. The average Bonchev–Trinajstić information content (AvgIpc) is 2.97. The number of alkyl halides is 18. The zero-order chi connectivity index (χ0) is 40.9. The van der Waals surface area contributed by atoms with Crippen LogP contribution in [0.15, 0.2) is 54.6 Å². The van der Waals surface area contributed by atoms with Crippen LogP contribution in [-0.2, 0) is 55.5 Å². The zero-order valence-electron chi connectivity index (χ0n) is 24.7. The molecule has 6 N–H and O–H groups in total. The highest BCUT2D eigenvalue weighted by molar-refractivity contribution is 7.48. The lowest BCUT2D eigenvalue weighted by atomic mass is 10.1. The van der Waals surface area contributed by atoms with E-state index < -0.39 is 129 Å². The molecule has 0 bridgehead atoms. The van der Waals surface area contributed by atoms with Gasteiger partial charge in [-0.15, -0.1) is 13.9 Å². The van der Waals surface area contributed by atoms with Crippen LogP contribution in [0.4, 0.5) is 96.1 Å². The van der Waals surface area contributed by atoms with Gasteiger partial charge in [-0.05, 0) is 54.6 Å². The first-order valence-electron chi connectivity index (χ1n) is 12.8. The molecule has 0 aromatic heterocycles. The van der Waals surface area contributed by atoms with Crippen LogP contribution in [-0.4, -0.2) is 0 Å². The van der Waals surface area contributed by atoms with Crippen molar-refractivity contribution in [1.82, 2.24) is 0 Å². The molecule has 0 saturated carbocycles. The van der Waals surface area contributed by atoms with E-state index in [1.807, 2.05) is 0 Å².